The molecule has 1 fully saturated rings. The molecule has 0 radical (unpaired) electrons. The number of carbonyl (C=O) groups excluding carboxylic acids is 1. The second kappa shape index (κ2) is 8.41. The van der Waals surface area contributed by atoms with Crippen LogP contribution in [0.3, 0.4) is 0 Å². The fraction of sp³-hybridized carbons (Fsp3) is 0.640. The Balaban J connectivity index is 1.98. The van der Waals surface area contributed by atoms with Crippen LogP contribution in [-0.2, 0) is 4.79 Å². The molecule has 29 heavy (non-hydrogen) atoms. The molecule has 1 aliphatic carbocycles. The van der Waals surface area contributed by atoms with Crippen molar-refractivity contribution in [3.63, 3.8) is 0 Å². The lowest BCUT2D eigenvalue weighted by Gasteiger charge is -2.42. The molecule has 0 bridgehead atoms. The largest absolute Gasteiger partial charge is 0.497 e. The van der Waals surface area contributed by atoms with E-state index in [0.717, 1.165) is 42.0 Å². The number of nitrogens with one attached hydrogen (secondary N) is 1. The van der Waals surface area contributed by atoms with Crippen LogP contribution >= 0.6 is 0 Å². The summed E-state index contributed by atoms with van der Waals surface area (Å²) in [6, 6.07) is 5.76. The molecule has 0 amide bonds. The van der Waals surface area contributed by atoms with Crippen molar-refractivity contribution in [3.05, 3.63) is 29.8 Å². The molecule has 1 aromatic rings. The van der Waals surface area contributed by atoms with Crippen molar-refractivity contribution in [2.75, 3.05) is 7.11 Å². The van der Waals surface area contributed by atoms with Gasteiger partial charge in [-0.3, -0.25) is 4.79 Å². The van der Waals surface area contributed by atoms with E-state index in [2.05, 4.69) is 26.1 Å². The minimum Gasteiger partial charge on any atom is -0.497 e. The average molecular weight is 400 g/mol. The summed E-state index contributed by atoms with van der Waals surface area (Å²) in [7, 11) is 1.65. The third kappa shape index (κ3) is 4.62. The molecule has 0 aromatic heterocycles. The van der Waals surface area contributed by atoms with Gasteiger partial charge in [0.05, 0.1) is 12.8 Å². The van der Waals surface area contributed by atoms with E-state index in [1.807, 2.05) is 38.1 Å². The molecule has 1 aliphatic heterocycles. The highest BCUT2D eigenvalue weighted by atomic mass is 16.5. The van der Waals surface area contributed by atoms with Gasteiger partial charge in [0, 0.05) is 17.1 Å². The Kier molecular flexibility index (Phi) is 6.30. The first-order chi connectivity index (χ1) is 13.7. The van der Waals surface area contributed by atoms with Crippen LogP contribution in [0.2, 0.25) is 0 Å². The SMILES string of the molecule is CCCC1CC(C)CC(CC)(C(=O)/C=C2\NC(C)(C)Oc3ccc(OC)cc32)C1. The second-order valence-electron chi connectivity index (χ2n) is 9.56. The highest BCUT2D eigenvalue weighted by Gasteiger charge is 2.43. The summed E-state index contributed by atoms with van der Waals surface area (Å²) in [6.45, 7) is 10.7. The smallest absolute Gasteiger partial charge is 0.175 e. The van der Waals surface area contributed by atoms with Gasteiger partial charge in [0.15, 0.2) is 11.5 Å². The van der Waals surface area contributed by atoms with Gasteiger partial charge < -0.3 is 14.8 Å². The molecular weight excluding hydrogens is 362 g/mol. The zero-order valence-electron chi connectivity index (χ0n) is 18.9. The molecule has 160 valence electrons. The van der Waals surface area contributed by atoms with Gasteiger partial charge in [0.2, 0.25) is 0 Å². The van der Waals surface area contributed by atoms with Crippen molar-refractivity contribution < 1.29 is 14.3 Å². The van der Waals surface area contributed by atoms with Crippen molar-refractivity contribution in [1.29, 1.82) is 0 Å². The molecule has 0 spiro atoms. The number of rotatable bonds is 6. The molecule has 1 saturated carbocycles. The quantitative estimate of drug-likeness (QED) is 0.600. The van der Waals surface area contributed by atoms with E-state index in [1.54, 1.807) is 7.11 Å². The Labute approximate surface area is 176 Å². The number of benzene rings is 1. The van der Waals surface area contributed by atoms with Gasteiger partial charge in [-0.05, 0) is 69.6 Å². The monoisotopic (exact) mass is 399 g/mol. The number of hydrogen-bond donors (Lipinski definition) is 1. The van der Waals surface area contributed by atoms with Crippen molar-refractivity contribution in [2.24, 2.45) is 17.3 Å². The summed E-state index contributed by atoms with van der Waals surface area (Å²) in [5.41, 5.74) is 0.890. The van der Waals surface area contributed by atoms with Gasteiger partial charge in [-0.25, -0.2) is 0 Å². The van der Waals surface area contributed by atoms with E-state index < -0.39 is 5.72 Å². The average Bonchev–Trinajstić information content (AvgIpc) is 2.66. The molecule has 1 N–H and O–H groups in total. The minimum atomic E-state index is -0.572. The van der Waals surface area contributed by atoms with E-state index in [9.17, 15) is 4.79 Å². The fourth-order valence-electron chi connectivity index (χ4n) is 5.36. The molecule has 1 aromatic carbocycles. The minimum absolute atomic E-state index is 0.252. The van der Waals surface area contributed by atoms with Gasteiger partial charge in [-0.2, -0.15) is 0 Å². The highest BCUT2D eigenvalue weighted by molar-refractivity contribution is 6.01. The van der Waals surface area contributed by atoms with Gasteiger partial charge in [-0.15, -0.1) is 0 Å². The number of methoxy groups -OCH3 is 1. The zero-order chi connectivity index (χ0) is 21.2. The van der Waals surface area contributed by atoms with Gasteiger partial charge in [0.1, 0.15) is 11.5 Å². The van der Waals surface area contributed by atoms with Crippen LogP contribution in [0.4, 0.5) is 0 Å². The number of ketones is 1. The van der Waals surface area contributed by atoms with Crippen LogP contribution in [0.1, 0.15) is 78.7 Å². The molecular formula is C25H37NO3. The molecule has 3 unspecified atom stereocenters. The number of allylic oxidation sites excluding steroid dienone is 1. The molecule has 2 aliphatic rings. The Morgan fingerprint density at radius 3 is 2.72 bits per heavy atom. The van der Waals surface area contributed by atoms with E-state index in [1.165, 1.54) is 19.3 Å². The van der Waals surface area contributed by atoms with Gasteiger partial charge in [-0.1, -0.05) is 33.6 Å². The van der Waals surface area contributed by atoms with Crippen molar-refractivity contribution in [1.82, 2.24) is 5.32 Å². The number of hydrogen-bond acceptors (Lipinski definition) is 4. The summed E-state index contributed by atoms with van der Waals surface area (Å²) >= 11 is 0. The maximum atomic E-state index is 13.7. The van der Waals surface area contributed by atoms with Crippen LogP contribution < -0.4 is 14.8 Å². The van der Waals surface area contributed by atoms with E-state index in [0.29, 0.717) is 11.8 Å². The number of ether oxygens (including phenoxy) is 2. The van der Waals surface area contributed by atoms with Crippen LogP contribution in [0.5, 0.6) is 11.5 Å². The van der Waals surface area contributed by atoms with Crippen LogP contribution in [0, 0.1) is 17.3 Å². The summed E-state index contributed by atoms with van der Waals surface area (Å²) in [4.78, 5) is 13.7. The summed E-state index contributed by atoms with van der Waals surface area (Å²) in [6.07, 6.45) is 8.38. The van der Waals surface area contributed by atoms with Crippen molar-refractivity contribution in [3.8, 4) is 11.5 Å². The van der Waals surface area contributed by atoms with Crippen LogP contribution in [0.15, 0.2) is 24.3 Å². The molecule has 3 atom stereocenters. The number of carbonyl (C=O) groups is 1. The Bertz CT molecular complexity index is 782. The summed E-state index contributed by atoms with van der Waals surface area (Å²) in [5, 5.41) is 3.42. The Morgan fingerprint density at radius 1 is 1.31 bits per heavy atom. The van der Waals surface area contributed by atoms with Crippen molar-refractivity contribution >= 4 is 11.5 Å². The third-order valence-electron chi connectivity index (χ3n) is 6.60. The van der Waals surface area contributed by atoms with E-state index in [4.69, 9.17) is 9.47 Å². The predicted octanol–water partition coefficient (Wildman–Crippen LogP) is 5.96. The summed E-state index contributed by atoms with van der Waals surface area (Å²) < 4.78 is 11.5. The Hall–Kier alpha value is -1.97. The maximum absolute atomic E-state index is 13.7. The van der Waals surface area contributed by atoms with Crippen LogP contribution in [-0.4, -0.2) is 18.6 Å². The first kappa shape index (κ1) is 21.7. The standard InChI is InChI=1S/C25H37NO3/c1-7-9-18-12-17(3)15-25(8-2,16-18)23(27)14-21-20-13-19(28-6)10-11-22(20)29-24(4,5)26-21/h10-11,13-14,17-18,26H,7-9,12,15-16H2,1-6H3/b21-14-. The molecule has 1 heterocycles. The molecule has 4 heteroatoms. The number of fused-ring (bicyclic) bond motifs is 1. The third-order valence-corrected chi connectivity index (χ3v) is 6.60. The topological polar surface area (TPSA) is 47.6 Å². The highest BCUT2D eigenvalue weighted by Crippen LogP contribution is 2.47. The van der Waals surface area contributed by atoms with E-state index >= 15 is 0 Å². The zero-order valence-corrected chi connectivity index (χ0v) is 18.9. The second-order valence-corrected chi connectivity index (χ2v) is 9.56. The van der Waals surface area contributed by atoms with Crippen LogP contribution in [0.25, 0.3) is 5.70 Å². The first-order valence-electron chi connectivity index (χ1n) is 11.1. The molecule has 4 nitrogen and oxygen atoms in total. The van der Waals surface area contributed by atoms with Gasteiger partial charge >= 0.3 is 0 Å². The van der Waals surface area contributed by atoms with E-state index in [-0.39, 0.29) is 11.2 Å². The maximum Gasteiger partial charge on any atom is 0.175 e. The predicted molar refractivity (Wildman–Crippen MR) is 118 cm³/mol. The summed E-state index contributed by atoms with van der Waals surface area (Å²) in [5.74, 6) is 3.03. The lowest BCUT2D eigenvalue weighted by atomic mass is 9.61. The lowest BCUT2D eigenvalue weighted by molar-refractivity contribution is -0.128. The Morgan fingerprint density at radius 2 is 2.07 bits per heavy atom. The molecule has 0 saturated heterocycles. The van der Waals surface area contributed by atoms with Crippen molar-refractivity contribution in [2.45, 2.75) is 78.9 Å². The molecule has 3 rings (SSSR count). The lowest BCUT2D eigenvalue weighted by Crippen LogP contribution is -2.47. The fourth-order valence-corrected chi connectivity index (χ4v) is 5.36. The van der Waals surface area contributed by atoms with Gasteiger partial charge in [0.25, 0.3) is 0 Å². The normalized spacial score (nSPS) is 29.5. The first-order valence-corrected chi connectivity index (χ1v) is 11.1.